The molecule has 0 saturated carbocycles. The normalized spacial score (nSPS) is 10.9. The Labute approximate surface area is 214 Å². The lowest BCUT2D eigenvalue weighted by molar-refractivity contribution is -0.112. The summed E-state index contributed by atoms with van der Waals surface area (Å²) in [6, 6.07) is 20.0. The van der Waals surface area contributed by atoms with E-state index in [0.29, 0.717) is 38.9 Å². The van der Waals surface area contributed by atoms with Crippen molar-refractivity contribution in [3.63, 3.8) is 0 Å². The number of hydrogen-bond acceptors (Lipinski definition) is 4. The molecule has 0 aliphatic rings. The lowest BCUT2D eigenvalue weighted by Crippen LogP contribution is -2.13. The second-order valence-electron chi connectivity index (χ2n) is 6.77. The summed E-state index contributed by atoms with van der Waals surface area (Å²) < 4.78 is 13.2. The first-order valence-corrected chi connectivity index (χ1v) is 11.9. The van der Waals surface area contributed by atoms with Crippen molar-refractivity contribution in [3.8, 4) is 17.6 Å². The molecule has 168 valence electrons. The quantitative estimate of drug-likeness (QED) is 0.219. The number of rotatable bonds is 8. The number of anilines is 1. The Morgan fingerprint density at radius 2 is 1.85 bits per heavy atom. The van der Waals surface area contributed by atoms with Crippen LogP contribution in [0.1, 0.15) is 18.1 Å². The van der Waals surface area contributed by atoms with Crippen LogP contribution in [-0.4, -0.2) is 12.5 Å². The van der Waals surface area contributed by atoms with Gasteiger partial charge in [0, 0.05) is 25.2 Å². The van der Waals surface area contributed by atoms with Crippen LogP contribution in [0.4, 0.5) is 5.69 Å². The van der Waals surface area contributed by atoms with Gasteiger partial charge >= 0.3 is 0 Å². The Morgan fingerprint density at radius 3 is 2.55 bits per heavy atom. The number of carbonyl (C=O) groups excluding carboxylic acids is 1. The van der Waals surface area contributed by atoms with E-state index < -0.39 is 5.91 Å². The van der Waals surface area contributed by atoms with E-state index in [1.807, 2.05) is 37.3 Å². The van der Waals surface area contributed by atoms with Crippen LogP contribution in [-0.2, 0) is 11.4 Å². The van der Waals surface area contributed by atoms with E-state index in [4.69, 9.17) is 21.1 Å². The summed E-state index contributed by atoms with van der Waals surface area (Å²) in [4.78, 5) is 12.6. The van der Waals surface area contributed by atoms with Crippen LogP contribution < -0.4 is 14.8 Å². The maximum absolute atomic E-state index is 12.6. The molecule has 0 aliphatic heterocycles. The fourth-order valence-electron chi connectivity index (χ4n) is 2.88. The zero-order valence-electron chi connectivity index (χ0n) is 17.6. The number of nitrogens with one attached hydrogen (secondary N) is 1. The first-order chi connectivity index (χ1) is 15.9. The molecule has 33 heavy (non-hydrogen) atoms. The predicted molar refractivity (Wildman–Crippen MR) is 137 cm³/mol. The van der Waals surface area contributed by atoms with Crippen LogP contribution in [0.5, 0.6) is 11.5 Å². The van der Waals surface area contributed by atoms with Crippen LogP contribution in [0.3, 0.4) is 0 Å². The number of nitrogens with zero attached hydrogens (tertiary/aromatic N) is 1. The third kappa shape index (κ3) is 6.84. The van der Waals surface area contributed by atoms with Gasteiger partial charge in [0.2, 0.25) is 0 Å². The van der Waals surface area contributed by atoms with Crippen LogP contribution in [0.25, 0.3) is 6.08 Å². The van der Waals surface area contributed by atoms with Gasteiger partial charge in [-0.3, -0.25) is 4.79 Å². The van der Waals surface area contributed by atoms with Gasteiger partial charge in [0.05, 0.1) is 6.61 Å². The molecule has 3 aromatic carbocycles. The van der Waals surface area contributed by atoms with Crippen molar-refractivity contribution in [1.82, 2.24) is 0 Å². The molecule has 0 unspecified atom stereocenters. The number of hydrogen-bond donors (Lipinski definition) is 1. The average molecular weight is 591 g/mol. The minimum absolute atomic E-state index is 0.0529. The summed E-state index contributed by atoms with van der Waals surface area (Å²) in [5.41, 5.74) is 1.97. The summed E-state index contributed by atoms with van der Waals surface area (Å²) in [5, 5.41) is 12.9. The van der Waals surface area contributed by atoms with Crippen molar-refractivity contribution in [3.05, 3.63) is 91.3 Å². The Morgan fingerprint density at radius 1 is 1.09 bits per heavy atom. The number of halogens is 3. The maximum Gasteiger partial charge on any atom is 0.266 e. The Kier molecular flexibility index (Phi) is 8.95. The Balaban J connectivity index is 1.86. The molecule has 0 radical (unpaired) electrons. The van der Waals surface area contributed by atoms with Crippen LogP contribution in [0, 0.1) is 11.3 Å². The molecule has 0 bridgehead atoms. The molecule has 0 fully saturated rings. The molecule has 5 nitrogen and oxygen atoms in total. The molecule has 0 heterocycles. The van der Waals surface area contributed by atoms with E-state index in [1.54, 1.807) is 36.4 Å². The highest BCUT2D eigenvalue weighted by Gasteiger charge is 2.15. The fourth-order valence-corrected chi connectivity index (χ4v) is 3.91. The van der Waals surface area contributed by atoms with Gasteiger partial charge in [-0.15, -0.1) is 0 Å². The lowest BCUT2D eigenvalue weighted by Gasteiger charge is -2.15. The molecule has 0 aliphatic carbocycles. The highest BCUT2D eigenvalue weighted by Crippen LogP contribution is 2.36. The van der Waals surface area contributed by atoms with Crippen molar-refractivity contribution in [2.24, 2.45) is 0 Å². The minimum Gasteiger partial charge on any atom is -0.490 e. The largest absolute Gasteiger partial charge is 0.490 e. The van der Waals surface area contributed by atoms with Gasteiger partial charge in [0.25, 0.3) is 5.91 Å². The topological polar surface area (TPSA) is 71.3 Å². The average Bonchev–Trinajstić information content (AvgIpc) is 2.79. The van der Waals surface area contributed by atoms with Gasteiger partial charge in [0.15, 0.2) is 11.5 Å². The first-order valence-electron chi connectivity index (χ1n) is 9.92. The van der Waals surface area contributed by atoms with Gasteiger partial charge in [-0.2, -0.15) is 5.26 Å². The summed E-state index contributed by atoms with van der Waals surface area (Å²) in [6.45, 7) is 2.54. The zero-order chi connectivity index (χ0) is 23.8. The van der Waals surface area contributed by atoms with E-state index in [9.17, 15) is 10.1 Å². The molecule has 3 aromatic rings. The van der Waals surface area contributed by atoms with Crippen molar-refractivity contribution in [2.45, 2.75) is 13.5 Å². The molecular formula is C25H19Br2ClN2O3. The van der Waals surface area contributed by atoms with Crippen LogP contribution >= 0.6 is 43.5 Å². The number of ether oxygens (including phenoxy) is 2. The third-order valence-corrected chi connectivity index (χ3v) is 6.00. The summed E-state index contributed by atoms with van der Waals surface area (Å²) in [5.74, 6) is 0.487. The SMILES string of the molecule is CCOc1cc(/C=C(/C#N)C(=O)Nc2cccc(Br)c2)c(Br)cc1OCc1ccccc1Cl. The Bertz CT molecular complexity index is 1240. The summed E-state index contributed by atoms with van der Waals surface area (Å²) in [6.07, 6.45) is 1.50. The van der Waals surface area contributed by atoms with Crippen molar-refractivity contribution in [1.29, 1.82) is 5.26 Å². The molecule has 0 saturated heterocycles. The van der Waals surface area contributed by atoms with Crippen LogP contribution in [0.15, 0.2) is 75.2 Å². The zero-order valence-corrected chi connectivity index (χ0v) is 21.5. The molecule has 0 atom stereocenters. The molecule has 0 aromatic heterocycles. The van der Waals surface area contributed by atoms with Gasteiger partial charge in [-0.05, 0) is 55.0 Å². The van der Waals surface area contributed by atoms with Gasteiger partial charge in [-0.25, -0.2) is 0 Å². The number of benzene rings is 3. The van der Waals surface area contributed by atoms with E-state index in [-0.39, 0.29) is 12.2 Å². The minimum atomic E-state index is -0.514. The Hall–Kier alpha value is -2.79. The standard InChI is InChI=1S/C25H19Br2ClN2O3/c1-2-32-23-11-17(10-18(14-29)25(31)30-20-8-5-7-19(26)12-20)21(27)13-24(23)33-15-16-6-3-4-9-22(16)28/h3-13H,2,15H2,1H3,(H,30,31)/b18-10-. The number of amides is 1. The molecule has 8 heteroatoms. The van der Waals surface area contributed by atoms with E-state index >= 15 is 0 Å². The summed E-state index contributed by atoms with van der Waals surface area (Å²) in [7, 11) is 0. The van der Waals surface area contributed by atoms with Gasteiger partial charge in [0.1, 0.15) is 18.2 Å². The maximum atomic E-state index is 12.6. The summed E-state index contributed by atoms with van der Waals surface area (Å²) >= 11 is 13.1. The lowest BCUT2D eigenvalue weighted by atomic mass is 10.1. The molecule has 3 rings (SSSR count). The number of carbonyl (C=O) groups is 1. The van der Waals surface area contributed by atoms with Crippen molar-refractivity contribution >= 4 is 61.1 Å². The highest BCUT2D eigenvalue weighted by atomic mass is 79.9. The molecule has 0 spiro atoms. The van der Waals surface area contributed by atoms with E-state index in [1.165, 1.54) is 6.08 Å². The fraction of sp³-hybridized carbons (Fsp3) is 0.120. The van der Waals surface area contributed by atoms with E-state index in [0.717, 1.165) is 10.0 Å². The highest BCUT2D eigenvalue weighted by molar-refractivity contribution is 9.10. The number of nitriles is 1. The van der Waals surface area contributed by atoms with E-state index in [2.05, 4.69) is 37.2 Å². The molecular weight excluding hydrogens is 572 g/mol. The first kappa shape index (κ1) is 24.8. The van der Waals surface area contributed by atoms with Crippen molar-refractivity contribution in [2.75, 3.05) is 11.9 Å². The van der Waals surface area contributed by atoms with Crippen molar-refractivity contribution < 1.29 is 14.3 Å². The second kappa shape index (κ2) is 11.9. The van der Waals surface area contributed by atoms with Gasteiger partial charge < -0.3 is 14.8 Å². The monoisotopic (exact) mass is 588 g/mol. The predicted octanol–water partition coefficient (Wildman–Crippen LogP) is 7.39. The van der Waals surface area contributed by atoms with Gasteiger partial charge in [-0.1, -0.05) is 67.7 Å². The molecule has 1 N–H and O–H groups in total. The smallest absolute Gasteiger partial charge is 0.266 e. The molecule has 1 amide bonds. The van der Waals surface area contributed by atoms with Crippen LogP contribution in [0.2, 0.25) is 5.02 Å². The second-order valence-corrected chi connectivity index (χ2v) is 8.95. The third-order valence-electron chi connectivity index (χ3n) is 4.45.